The summed E-state index contributed by atoms with van der Waals surface area (Å²) in [6.45, 7) is 0. The van der Waals surface area contributed by atoms with Crippen LogP contribution in [0.2, 0.25) is 0 Å². The minimum absolute atomic E-state index is 0.231. The molecule has 0 fully saturated rings. The van der Waals surface area contributed by atoms with Crippen molar-refractivity contribution in [3.8, 4) is 0 Å². The van der Waals surface area contributed by atoms with Gasteiger partial charge in [-0.2, -0.15) is 0 Å². The van der Waals surface area contributed by atoms with Gasteiger partial charge in [0.1, 0.15) is 23.4 Å². The Morgan fingerprint density at radius 1 is 0.706 bits per heavy atom. The second kappa shape index (κ2) is 6.18. The summed E-state index contributed by atoms with van der Waals surface area (Å²) >= 11 is 0. The third-order valence-electron chi connectivity index (χ3n) is 2.41. The smallest absolute Gasteiger partial charge is 0.0619 e. The maximum absolute atomic E-state index is 2.33. The minimum atomic E-state index is 0.231. The van der Waals surface area contributed by atoms with Crippen molar-refractivity contribution < 1.29 is 0 Å². The highest BCUT2D eigenvalue weighted by Gasteiger charge is 2.30. The predicted octanol–water partition coefficient (Wildman–Crippen LogP) is 3.56. The van der Waals surface area contributed by atoms with Crippen molar-refractivity contribution >= 4 is 21.8 Å². The quantitative estimate of drug-likeness (QED) is 0.739. The van der Waals surface area contributed by atoms with E-state index < -0.39 is 0 Å². The number of rotatable bonds is 4. The van der Waals surface area contributed by atoms with Crippen LogP contribution in [0.25, 0.3) is 0 Å². The molecule has 0 amide bonds. The van der Waals surface area contributed by atoms with E-state index in [0.717, 1.165) is 0 Å². The van der Waals surface area contributed by atoms with Crippen molar-refractivity contribution in [2.75, 3.05) is 17.6 Å². The lowest BCUT2D eigenvalue weighted by Gasteiger charge is -2.05. The molecule has 0 atom stereocenters. The van der Waals surface area contributed by atoms with Crippen molar-refractivity contribution in [1.82, 2.24) is 0 Å². The van der Waals surface area contributed by atoms with Gasteiger partial charge < -0.3 is 0 Å². The summed E-state index contributed by atoms with van der Waals surface area (Å²) in [7, 11) is 0.697. The van der Waals surface area contributed by atoms with Gasteiger partial charge in [0.2, 0.25) is 0 Å². The molecule has 0 aromatic heterocycles. The van der Waals surface area contributed by atoms with Crippen LogP contribution in [-0.2, 0) is 21.8 Å². The highest BCUT2D eigenvalue weighted by molar-refractivity contribution is 8.12. The predicted molar refractivity (Wildman–Crippen MR) is 80.9 cm³/mol. The standard InChI is InChI=1S/C15H18S2/c1-16(2)13-17(14-9-5-3-6-10-14)15-11-7-4-8-12-15/h3-12H,13H2,1-2H3/q+2. The van der Waals surface area contributed by atoms with Gasteiger partial charge in [-0.05, 0) is 24.3 Å². The first-order valence-electron chi connectivity index (χ1n) is 5.62. The average Bonchev–Trinajstić information content (AvgIpc) is 2.38. The molecule has 2 aromatic carbocycles. The summed E-state index contributed by atoms with van der Waals surface area (Å²) in [5.41, 5.74) is 0. The van der Waals surface area contributed by atoms with Crippen molar-refractivity contribution in [2.45, 2.75) is 9.79 Å². The Morgan fingerprint density at radius 2 is 1.12 bits per heavy atom. The molecule has 0 aliphatic carbocycles. The fraction of sp³-hybridized carbons (Fsp3) is 0.200. The van der Waals surface area contributed by atoms with Crippen LogP contribution in [0.3, 0.4) is 0 Å². The molecule has 0 heterocycles. The van der Waals surface area contributed by atoms with E-state index in [0.29, 0.717) is 10.9 Å². The van der Waals surface area contributed by atoms with Crippen molar-refractivity contribution in [2.24, 2.45) is 0 Å². The minimum Gasteiger partial charge on any atom is -0.0619 e. The lowest BCUT2D eigenvalue weighted by molar-refractivity contribution is 1.37. The Morgan fingerprint density at radius 3 is 1.47 bits per heavy atom. The summed E-state index contributed by atoms with van der Waals surface area (Å²) < 4.78 is 0. The van der Waals surface area contributed by atoms with Crippen LogP contribution in [-0.4, -0.2) is 17.6 Å². The van der Waals surface area contributed by atoms with Crippen LogP contribution in [0.5, 0.6) is 0 Å². The Hall–Kier alpha value is -0.860. The van der Waals surface area contributed by atoms with E-state index in [-0.39, 0.29) is 10.9 Å². The Kier molecular flexibility index (Phi) is 4.57. The molecule has 0 N–H and O–H groups in total. The van der Waals surface area contributed by atoms with Crippen molar-refractivity contribution in [1.29, 1.82) is 0 Å². The third kappa shape index (κ3) is 3.55. The zero-order valence-corrected chi connectivity index (χ0v) is 11.9. The van der Waals surface area contributed by atoms with Gasteiger partial charge in [-0.15, -0.1) is 0 Å². The largest absolute Gasteiger partial charge is 0.267 e. The zero-order chi connectivity index (χ0) is 12.1. The molecule has 88 valence electrons. The maximum Gasteiger partial charge on any atom is 0.267 e. The SMILES string of the molecule is C[S+](C)C[S+](c1ccccc1)c1ccccc1. The second-order valence-electron chi connectivity index (χ2n) is 4.12. The molecule has 0 aliphatic rings. The molecular formula is C15H18S2+2. The van der Waals surface area contributed by atoms with Crippen LogP contribution < -0.4 is 0 Å². The molecule has 2 aromatic rings. The zero-order valence-electron chi connectivity index (χ0n) is 10.3. The normalized spacial score (nSPS) is 11.1. The van der Waals surface area contributed by atoms with Crippen molar-refractivity contribution in [3.63, 3.8) is 0 Å². The molecular weight excluding hydrogens is 244 g/mol. The molecule has 0 nitrogen and oxygen atoms in total. The highest BCUT2D eigenvalue weighted by Crippen LogP contribution is 2.24. The van der Waals surface area contributed by atoms with E-state index in [9.17, 15) is 0 Å². The fourth-order valence-corrected chi connectivity index (χ4v) is 5.90. The molecule has 0 saturated carbocycles. The molecule has 0 spiro atoms. The van der Waals surface area contributed by atoms with Crippen LogP contribution >= 0.6 is 0 Å². The van der Waals surface area contributed by atoms with E-state index in [1.54, 1.807) is 0 Å². The monoisotopic (exact) mass is 262 g/mol. The van der Waals surface area contributed by atoms with Gasteiger partial charge in [0, 0.05) is 10.9 Å². The summed E-state index contributed by atoms with van der Waals surface area (Å²) in [5, 5.41) is 1.26. The second-order valence-corrected chi connectivity index (χ2v) is 8.76. The highest BCUT2D eigenvalue weighted by atomic mass is 32.3. The fourth-order valence-electron chi connectivity index (χ4n) is 1.68. The van der Waals surface area contributed by atoms with Gasteiger partial charge in [0.25, 0.3) is 5.08 Å². The first kappa shape index (κ1) is 12.6. The van der Waals surface area contributed by atoms with Gasteiger partial charge in [-0.25, -0.2) is 0 Å². The number of hydrogen-bond donors (Lipinski definition) is 0. The van der Waals surface area contributed by atoms with E-state index in [4.69, 9.17) is 0 Å². The van der Waals surface area contributed by atoms with Crippen LogP contribution in [0.15, 0.2) is 70.5 Å². The summed E-state index contributed by atoms with van der Waals surface area (Å²) in [6, 6.07) is 21.8. The molecule has 0 unspecified atom stereocenters. The van der Waals surface area contributed by atoms with E-state index in [1.807, 2.05) is 0 Å². The van der Waals surface area contributed by atoms with Crippen molar-refractivity contribution in [3.05, 3.63) is 60.7 Å². The van der Waals surface area contributed by atoms with Gasteiger partial charge in [-0.1, -0.05) is 36.4 Å². The molecule has 2 heteroatoms. The van der Waals surface area contributed by atoms with Crippen LogP contribution in [0.1, 0.15) is 0 Å². The topological polar surface area (TPSA) is 0 Å². The molecule has 0 aliphatic heterocycles. The Balaban J connectivity index is 2.32. The van der Waals surface area contributed by atoms with Gasteiger partial charge in [-0.3, -0.25) is 0 Å². The molecule has 0 radical (unpaired) electrons. The summed E-state index contributed by atoms with van der Waals surface area (Å²) in [4.78, 5) is 2.92. The lowest BCUT2D eigenvalue weighted by atomic mass is 10.4. The number of benzene rings is 2. The molecule has 0 saturated heterocycles. The molecule has 17 heavy (non-hydrogen) atoms. The first-order chi connectivity index (χ1) is 8.27. The van der Waals surface area contributed by atoms with E-state index in [2.05, 4.69) is 73.2 Å². The van der Waals surface area contributed by atoms with E-state index in [1.165, 1.54) is 14.9 Å². The summed E-state index contributed by atoms with van der Waals surface area (Å²) in [5.74, 6) is 0. The first-order valence-corrected chi connectivity index (χ1v) is 9.23. The number of hydrogen-bond acceptors (Lipinski definition) is 0. The molecule has 2 rings (SSSR count). The Bertz CT molecular complexity index is 397. The Labute approximate surface area is 110 Å². The maximum atomic E-state index is 2.33. The average molecular weight is 262 g/mol. The van der Waals surface area contributed by atoms with E-state index >= 15 is 0 Å². The van der Waals surface area contributed by atoms with Gasteiger partial charge in [0.15, 0.2) is 9.79 Å². The third-order valence-corrected chi connectivity index (χ3v) is 6.92. The lowest BCUT2D eigenvalue weighted by Crippen LogP contribution is -2.15. The van der Waals surface area contributed by atoms with Gasteiger partial charge in [0.05, 0.1) is 0 Å². The summed E-state index contributed by atoms with van der Waals surface area (Å²) in [6.07, 6.45) is 4.65. The van der Waals surface area contributed by atoms with Crippen LogP contribution in [0.4, 0.5) is 0 Å². The van der Waals surface area contributed by atoms with Crippen LogP contribution in [0, 0.1) is 0 Å². The molecule has 0 bridgehead atoms. The van der Waals surface area contributed by atoms with Gasteiger partial charge >= 0.3 is 0 Å².